The fourth-order valence-corrected chi connectivity index (χ4v) is 2.03. The van der Waals surface area contributed by atoms with Crippen molar-refractivity contribution in [2.45, 2.75) is 45.1 Å². The quantitative estimate of drug-likeness (QED) is 0.667. The molecule has 1 saturated carbocycles. The summed E-state index contributed by atoms with van der Waals surface area (Å²) in [6.45, 7) is 1.98. The summed E-state index contributed by atoms with van der Waals surface area (Å²) in [7, 11) is 0. The van der Waals surface area contributed by atoms with Crippen molar-refractivity contribution in [1.82, 2.24) is 10.6 Å². The second kappa shape index (κ2) is 3.88. The first-order valence-corrected chi connectivity index (χ1v) is 5.72. The van der Waals surface area contributed by atoms with Gasteiger partial charge >= 0.3 is 0 Å². The van der Waals surface area contributed by atoms with Gasteiger partial charge in [0.15, 0.2) is 0 Å². The zero-order valence-corrected chi connectivity index (χ0v) is 9.34. The number of carbonyl (C=O) groups excluding carboxylic acids is 3. The van der Waals surface area contributed by atoms with E-state index in [1.165, 1.54) is 0 Å². The van der Waals surface area contributed by atoms with Crippen molar-refractivity contribution in [2.75, 3.05) is 0 Å². The van der Waals surface area contributed by atoms with Crippen LogP contribution in [-0.4, -0.2) is 23.8 Å². The average Bonchev–Trinajstić information content (AvgIpc) is 3.03. The highest BCUT2D eigenvalue weighted by atomic mass is 16.2. The molecule has 1 unspecified atom stereocenters. The monoisotopic (exact) mass is 224 g/mol. The Morgan fingerprint density at radius 1 is 1.50 bits per heavy atom. The van der Waals surface area contributed by atoms with Gasteiger partial charge in [0.25, 0.3) is 0 Å². The molecule has 5 heteroatoms. The molecule has 0 radical (unpaired) electrons. The molecular formula is C11H16N2O3. The molecule has 0 aromatic rings. The molecule has 2 aliphatic rings. The number of carbonyl (C=O) groups is 3. The Morgan fingerprint density at radius 3 is 2.69 bits per heavy atom. The second-order valence-corrected chi connectivity index (χ2v) is 4.61. The van der Waals surface area contributed by atoms with Crippen LogP contribution in [0.3, 0.4) is 0 Å². The van der Waals surface area contributed by atoms with Gasteiger partial charge < -0.3 is 5.32 Å². The van der Waals surface area contributed by atoms with Gasteiger partial charge in [-0.15, -0.1) is 0 Å². The van der Waals surface area contributed by atoms with Crippen molar-refractivity contribution in [1.29, 1.82) is 0 Å². The Bertz CT molecular complexity index is 347. The van der Waals surface area contributed by atoms with Gasteiger partial charge in [-0.25, -0.2) is 0 Å². The molecule has 5 nitrogen and oxygen atoms in total. The number of amides is 3. The minimum absolute atomic E-state index is 0.0375. The molecule has 0 bridgehead atoms. The Hall–Kier alpha value is -1.39. The smallest absolute Gasteiger partial charge is 0.249 e. The lowest BCUT2D eigenvalue weighted by molar-refractivity contribution is -0.138. The lowest BCUT2D eigenvalue weighted by Gasteiger charge is -2.24. The third-order valence-electron chi connectivity index (χ3n) is 3.56. The van der Waals surface area contributed by atoms with Crippen LogP contribution < -0.4 is 10.6 Å². The highest BCUT2D eigenvalue weighted by molar-refractivity contribution is 6.02. The van der Waals surface area contributed by atoms with Crippen LogP contribution in [0.1, 0.15) is 39.0 Å². The number of imide groups is 1. The van der Waals surface area contributed by atoms with E-state index >= 15 is 0 Å². The van der Waals surface area contributed by atoms with Gasteiger partial charge in [-0.1, -0.05) is 6.92 Å². The fraction of sp³-hybridized carbons (Fsp3) is 0.727. The molecule has 88 valence electrons. The number of rotatable bonds is 3. The zero-order valence-electron chi connectivity index (χ0n) is 9.34. The van der Waals surface area contributed by atoms with Gasteiger partial charge in [0.2, 0.25) is 17.7 Å². The molecular weight excluding hydrogens is 208 g/mol. The molecule has 0 spiro atoms. The lowest BCUT2D eigenvalue weighted by atomic mass is 10.0. The van der Waals surface area contributed by atoms with Crippen molar-refractivity contribution < 1.29 is 14.4 Å². The summed E-state index contributed by atoms with van der Waals surface area (Å²) >= 11 is 0. The van der Waals surface area contributed by atoms with Gasteiger partial charge in [-0.2, -0.15) is 0 Å². The van der Waals surface area contributed by atoms with Crippen LogP contribution >= 0.6 is 0 Å². The first kappa shape index (κ1) is 11.1. The van der Waals surface area contributed by atoms with E-state index in [2.05, 4.69) is 10.6 Å². The summed E-state index contributed by atoms with van der Waals surface area (Å²) < 4.78 is 0. The largest absolute Gasteiger partial charge is 0.344 e. The lowest BCUT2D eigenvalue weighted by Crippen LogP contribution is -2.53. The molecule has 2 N–H and O–H groups in total. The van der Waals surface area contributed by atoms with Gasteiger partial charge in [-0.05, 0) is 25.7 Å². The summed E-state index contributed by atoms with van der Waals surface area (Å²) in [6.07, 6.45) is 3.34. The third kappa shape index (κ3) is 1.94. The van der Waals surface area contributed by atoms with E-state index < -0.39 is 6.04 Å². The van der Waals surface area contributed by atoms with E-state index in [0.29, 0.717) is 12.8 Å². The van der Waals surface area contributed by atoms with Crippen molar-refractivity contribution in [3.63, 3.8) is 0 Å². The van der Waals surface area contributed by atoms with Crippen molar-refractivity contribution in [3.8, 4) is 0 Å². The summed E-state index contributed by atoms with van der Waals surface area (Å²) in [5.41, 5.74) is -0.234. The maximum atomic E-state index is 11.9. The minimum atomic E-state index is -0.533. The molecule has 2 fully saturated rings. The molecule has 1 aliphatic carbocycles. The molecule has 3 amide bonds. The Labute approximate surface area is 94.0 Å². The van der Waals surface area contributed by atoms with Crippen LogP contribution in [0.4, 0.5) is 0 Å². The number of hydrogen-bond acceptors (Lipinski definition) is 3. The molecule has 1 aliphatic heterocycles. The molecule has 2 rings (SSSR count). The van der Waals surface area contributed by atoms with E-state index in [1.807, 2.05) is 6.92 Å². The van der Waals surface area contributed by atoms with Crippen LogP contribution in [0.5, 0.6) is 0 Å². The number of nitrogens with one attached hydrogen (secondary N) is 2. The topological polar surface area (TPSA) is 75.3 Å². The summed E-state index contributed by atoms with van der Waals surface area (Å²) in [4.78, 5) is 34.2. The standard InChI is InChI=1S/C11H16N2O3/c1-2-11(5-6-11)10(16)12-7-3-4-8(14)13-9(7)15/h7H,2-6H2,1H3,(H,12,16)(H,13,14,15). The molecule has 0 aromatic heterocycles. The third-order valence-corrected chi connectivity index (χ3v) is 3.56. The molecule has 1 heterocycles. The van der Waals surface area contributed by atoms with Crippen LogP contribution in [0.15, 0.2) is 0 Å². The predicted octanol–water partition coefficient (Wildman–Crippen LogP) is 0.0980. The van der Waals surface area contributed by atoms with E-state index in [-0.39, 0.29) is 23.1 Å². The molecule has 0 aromatic carbocycles. The summed E-state index contributed by atoms with van der Waals surface area (Å²) in [5.74, 6) is -0.673. The van der Waals surface area contributed by atoms with Crippen molar-refractivity contribution in [3.05, 3.63) is 0 Å². The first-order valence-electron chi connectivity index (χ1n) is 5.72. The van der Waals surface area contributed by atoms with E-state index in [4.69, 9.17) is 0 Å². The van der Waals surface area contributed by atoms with Gasteiger partial charge in [0.1, 0.15) is 6.04 Å². The first-order chi connectivity index (χ1) is 7.57. The second-order valence-electron chi connectivity index (χ2n) is 4.61. The maximum absolute atomic E-state index is 11.9. The van der Waals surface area contributed by atoms with E-state index in [0.717, 1.165) is 19.3 Å². The van der Waals surface area contributed by atoms with E-state index in [9.17, 15) is 14.4 Å². The van der Waals surface area contributed by atoms with Crippen LogP contribution in [-0.2, 0) is 14.4 Å². The minimum Gasteiger partial charge on any atom is -0.344 e. The zero-order chi connectivity index (χ0) is 11.8. The van der Waals surface area contributed by atoms with Crippen LogP contribution in [0.2, 0.25) is 0 Å². The average molecular weight is 224 g/mol. The van der Waals surface area contributed by atoms with E-state index in [1.54, 1.807) is 0 Å². The molecule has 1 atom stereocenters. The maximum Gasteiger partial charge on any atom is 0.249 e. The highest BCUT2D eigenvalue weighted by Gasteiger charge is 2.48. The van der Waals surface area contributed by atoms with Gasteiger partial charge in [-0.3, -0.25) is 19.7 Å². The molecule has 16 heavy (non-hydrogen) atoms. The summed E-state index contributed by atoms with van der Waals surface area (Å²) in [6, 6.07) is -0.533. The van der Waals surface area contributed by atoms with Crippen LogP contribution in [0.25, 0.3) is 0 Å². The fourth-order valence-electron chi connectivity index (χ4n) is 2.03. The Kier molecular flexibility index (Phi) is 2.69. The Morgan fingerprint density at radius 2 is 2.19 bits per heavy atom. The van der Waals surface area contributed by atoms with Crippen LogP contribution in [0, 0.1) is 5.41 Å². The van der Waals surface area contributed by atoms with Crippen molar-refractivity contribution >= 4 is 17.7 Å². The van der Waals surface area contributed by atoms with Crippen molar-refractivity contribution in [2.24, 2.45) is 5.41 Å². The molecule has 1 saturated heterocycles. The summed E-state index contributed by atoms with van der Waals surface area (Å²) in [5, 5.41) is 4.97. The van der Waals surface area contributed by atoms with Gasteiger partial charge in [0.05, 0.1) is 0 Å². The van der Waals surface area contributed by atoms with Gasteiger partial charge in [0, 0.05) is 11.8 Å². The number of hydrogen-bond donors (Lipinski definition) is 2. The normalized spacial score (nSPS) is 27.2. The highest BCUT2D eigenvalue weighted by Crippen LogP contribution is 2.48. The Balaban J connectivity index is 1.92. The SMILES string of the molecule is CCC1(C(=O)NC2CCC(=O)NC2=O)CC1. The number of piperidine rings is 1. The predicted molar refractivity (Wildman–Crippen MR) is 56.3 cm³/mol.